The Bertz CT molecular complexity index is 321. The fourth-order valence-electron chi connectivity index (χ4n) is 1.67. The monoisotopic (exact) mass is 193 g/mol. The van der Waals surface area contributed by atoms with Crippen molar-refractivity contribution in [1.82, 2.24) is 0 Å². The van der Waals surface area contributed by atoms with Crippen LogP contribution in [0.3, 0.4) is 0 Å². The van der Waals surface area contributed by atoms with Crippen LogP contribution in [0.5, 0.6) is 11.5 Å². The number of hydrogen-bond donors (Lipinski definition) is 0. The van der Waals surface area contributed by atoms with Gasteiger partial charge < -0.3 is 14.4 Å². The van der Waals surface area contributed by atoms with E-state index < -0.39 is 0 Å². The molecule has 0 bridgehead atoms. The highest BCUT2D eigenvalue weighted by atomic mass is 16.7. The Labute approximate surface area is 84.2 Å². The SMILES string of the molecule is CCN(CC)c1ccc2c(c1)OCO2. The van der Waals surface area contributed by atoms with Gasteiger partial charge >= 0.3 is 0 Å². The zero-order chi connectivity index (χ0) is 9.97. The topological polar surface area (TPSA) is 21.7 Å². The molecule has 0 fully saturated rings. The van der Waals surface area contributed by atoms with Crippen LogP contribution in [0.4, 0.5) is 5.69 Å². The Morgan fingerprint density at radius 1 is 1.14 bits per heavy atom. The number of anilines is 1. The van der Waals surface area contributed by atoms with Gasteiger partial charge in [0.25, 0.3) is 0 Å². The van der Waals surface area contributed by atoms with E-state index in [2.05, 4.69) is 24.8 Å². The van der Waals surface area contributed by atoms with Crippen LogP contribution in [0, 0.1) is 0 Å². The maximum atomic E-state index is 5.33. The quantitative estimate of drug-likeness (QED) is 0.735. The summed E-state index contributed by atoms with van der Waals surface area (Å²) in [4.78, 5) is 2.28. The van der Waals surface area contributed by atoms with E-state index in [0.29, 0.717) is 6.79 Å². The molecular formula is C11H15NO2. The van der Waals surface area contributed by atoms with Crippen LogP contribution >= 0.6 is 0 Å². The van der Waals surface area contributed by atoms with Crippen molar-refractivity contribution < 1.29 is 9.47 Å². The highest BCUT2D eigenvalue weighted by Crippen LogP contribution is 2.35. The minimum absolute atomic E-state index is 0.344. The van der Waals surface area contributed by atoms with Crippen LogP contribution in [-0.4, -0.2) is 19.9 Å². The molecule has 1 aromatic carbocycles. The van der Waals surface area contributed by atoms with E-state index in [9.17, 15) is 0 Å². The summed E-state index contributed by atoms with van der Waals surface area (Å²) in [6, 6.07) is 6.08. The maximum Gasteiger partial charge on any atom is 0.231 e. The molecule has 1 aromatic rings. The lowest BCUT2D eigenvalue weighted by atomic mass is 10.2. The second kappa shape index (κ2) is 3.78. The number of benzene rings is 1. The molecule has 0 unspecified atom stereocenters. The van der Waals surface area contributed by atoms with Crippen LogP contribution in [0.15, 0.2) is 18.2 Å². The van der Waals surface area contributed by atoms with E-state index in [1.165, 1.54) is 5.69 Å². The Kier molecular flexibility index (Phi) is 2.48. The zero-order valence-electron chi connectivity index (χ0n) is 8.62. The number of fused-ring (bicyclic) bond motifs is 1. The fraction of sp³-hybridized carbons (Fsp3) is 0.455. The molecule has 76 valence electrons. The molecule has 0 aromatic heterocycles. The van der Waals surface area contributed by atoms with Crippen LogP contribution < -0.4 is 14.4 Å². The molecule has 0 atom stereocenters. The van der Waals surface area contributed by atoms with Crippen LogP contribution in [0.2, 0.25) is 0 Å². The minimum Gasteiger partial charge on any atom is -0.454 e. The first-order valence-electron chi connectivity index (χ1n) is 4.99. The molecule has 0 N–H and O–H groups in total. The molecule has 1 aliphatic heterocycles. The third-order valence-electron chi connectivity index (χ3n) is 2.48. The normalized spacial score (nSPS) is 13.0. The highest BCUT2D eigenvalue weighted by Gasteiger charge is 2.14. The van der Waals surface area contributed by atoms with Crippen molar-refractivity contribution >= 4 is 5.69 Å². The Morgan fingerprint density at radius 2 is 1.86 bits per heavy atom. The summed E-state index contributed by atoms with van der Waals surface area (Å²) in [6.45, 7) is 6.66. The second-order valence-corrected chi connectivity index (χ2v) is 3.21. The van der Waals surface area contributed by atoms with E-state index in [1.54, 1.807) is 0 Å². The van der Waals surface area contributed by atoms with Gasteiger partial charge in [-0.05, 0) is 26.0 Å². The van der Waals surface area contributed by atoms with Crippen molar-refractivity contribution in [2.75, 3.05) is 24.8 Å². The third-order valence-corrected chi connectivity index (χ3v) is 2.48. The average Bonchev–Trinajstić information content (AvgIpc) is 2.66. The van der Waals surface area contributed by atoms with Crippen molar-refractivity contribution in [3.63, 3.8) is 0 Å². The molecule has 0 saturated carbocycles. The fourth-order valence-corrected chi connectivity index (χ4v) is 1.67. The largest absolute Gasteiger partial charge is 0.454 e. The first kappa shape index (κ1) is 9.19. The van der Waals surface area contributed by atoms with Gasteiger partial charge in [0.15, 0.2) is 11.5 Å². The molecule has 0 aliphatic carbocycles. The maximum absolute atomic E-state index is 5.33. The Balaban J connectivity index is 2.27. The van der Waals surface area contributed by atoms with Crippen LogP contribution in [0.1, 0.15) is 13.8 Å². The van der Waals surface area contributed by atoms with E-state index in [4.69, 9.17) is 9.47 Å². The lowest BCUT2D eigenvalue weighted by Gasteiger charge is -2.20. The van der Waals surface area contributed by atoms with Gasteiger partial charge in [0.1, 0.15) is 0 Å². The highest BCUT2D eigenvalue weighted by molar-refractivity contribution is 5.57. The van der Waals surface area contributed by atoms with Gasteiger partial charge in [-0.25, -0.2) is 0 Å². The molecule has 2 rings (SSSR count). The lowest BCUT2D eigenvalue weighted by Crippen LogP contribution is -2.21. The Morgan fingerprint density at radius 3 is 2.57 bits per heavy atom. The number of rotatable bonds is 3. The van der Waals surface area contributed by atoms with Crippen molar-refractivity contribution in [1.29, 1.82) is 0 Å². The van der Waals surface area contributed by atoms with Gasteiger partial charge in [-0.2, -0.15) is 0 Å². The average molecular weight is 193 g/mol. The molecule has 0 saturated heterocycles. The molecule has 14 heavy (non-hydrogen) atoms. The van der Waals surface area contributed by atoms with Gasteiger partial charge in [-0.3, -0.25) is 0 Å². The smallest absolute Gasteiger partial charge is 0.231 e. The van der Waals surface area contributed by atoms with Crippen molar-refractivity contribution in [3.05, 3.63) is 18.2 Å². The van der Waals surface area contributed by atoms with Gasteiger partial charge in [-0.1, -0.05) is 0 Å². The zero-order valence-corrected chi connectivity index (χ0v) is 8.62. The second-order valence-electron chi connectivity index (χ2n) is 3.21. The predicted octanol–water partition coefficient (Wildman–Crippen LogP) is 2.26. The lowest BCUT2D eigenvalue weighted by molar-refractivity contribution is 0.174. The van der Waals surface area contributed by atoms with Gasteiger partial charge in [0.05, 0.1) is 0 Å². The van der Waals surface area contributed by atoms with Gasteiger partial charge in [0, 0.05) is 24.8 Å². The van der Waals surface area contributed by atoms with E-state index in [1.807, 2.05) is 12.1 Å². The third kappa shape index (κ3) is 1.50. The molecule has 0 amide bonds. The van der Waals surface area contributed by atoms with Gasteiger partial charge in [0.2, 0.25) is 6.79 Å². The summed E-state index contributed by atoms with van der Waals surface area (Å²) in [5, 5.41) is 0. The van der Waals surface area contributed by atoms with Crippen LogP contribution in [0.25, 0.3) is 0 Å². The van der Waals surface area contributed by atoms with E-state index in [0.717, 1.165) is 24.6 Å². The van der Waals surface area contributed by atoms with E-state index >= 15 is 0 Å². The summed E-state index contributed by atoms with van der Waals surface area (Å²) in [7, 11) is 0. The first-order valence-corrected chi connectivity index (χ1v) is 4.99. The summed E-state index contributed by atoms with van der Waals surface area (Å²) in [5.41, 5.74) is 1.19. The first-order chi connectivity index (χ1) is 6.85. The standard InChI is InChI=1S/C11H15NO2/c1-3-12(4-2)9-5-6-10-11(7-9)14-8-13-10/h5-7H,3-4,8H2,1-2H3. The summed E-state index contributed by atoms with van der Waals surface area (Å²) < 4.78 is 10.6. The number of nitrogens with zero attached hydrogens (tertiary/aromatic N) is 1. The summed E-state index contributed by atoms with van der Waals surface area (Å²) in [5.74, 6) is 1.70. The number of ether oxygens (including phenoxy) is 2. The predicted molar refractivity (Wildman–Crippen MR) is 56.1 cm³/mol. The summed E-state index contributed by atoms with van der Waals surface area (Å²) in [6.07, 6.45) is 0. The van der Waals surface area contributed by atoms with Crippen molar-refractivity contribution in [2.24, 2.45) is 0 Å². The molecule has 0 spiro atoms. The van der Waals surface area contributed by atoms with Crippen molar-refractivity contribution in [2.45, 2.75) is 13.8 Å². The molecule has 3 heteroatoms. The summed E-state index contributed by atoms with van der Waals surface area (Å²) >= 11 is 0. The van der Waals surface area contributed by atoms with Gasteiger partial charge in [-0.15, -0.1) is 0 Å². The minimum atomic E-state index is 0.344. The van der Waals surface area contributed by atoms with Crippen molar-refractivity contribution in [3.8, 4) is 11.5 Å². The Hall–Kier alpha value is -1.38. The molecule has 3 nitrogen and oxygen atoms in total. The van der Waals surface area contributed by atoms with E-state index in [-0.39, 0.29) is 0 Å². The van der Waals surface area contributed by atoms with Crippen LogP contribution in [-0.2, 0) is 0 Å². The number of hydrogen-bond acceptors (Lipinski definition) is 3. The molecule has 1 aliphatic rings. The molecule has 0 radical (unpaired) electrons. The molecule has 1 heterocycles. The molecular weight excluding hydrogens is 178 g/mol.